The predicted octanol–water partition coefficient (Wildman–Crippen LogP) is 1.24. The van der Waals surface area contributed by atoms with Gasteiger partial charge in [0.1, 0.15) is 23.2 Å². The molecule has 0 atom stereocenters. The summed E-state index contributed by atoms with van der Waals surface area (Å²) in [6, 6.07) is 29.3. The van der Waals surface area contributed by atoms with Crippen LogP contribution >= 0.6 is 18.9 Å². The molecule has 3 rings (SSSR count). The number of rotatable bonds is 5. The summed E-state index contributed by atoms with van der Waals surface area (Å²) < 4.78 is 5.72. The minimum Gasteiger partial charge on any atom is -1.00 e. The van der Waals surface area contributed by atoms with Crippen LogP contribution in [0.5, 0.6) is 0 Å². The van der Waals surface area contributed by atoms with Gasteiger partial charge in [0.15, 0.2) is 6.35 Å². The zero-order valence-electron chi connectivity index (χ0n) is 13.4. The quantitative estimate of drug-likeness (QED) is 0.608. The lowest BCUT2D eigenvalue weighted by atomic mass is 10.3. The Morgan fingerprint density at radius 2 is 1.21 bits per heavy atom. The van der Waals surface area contributed by atoms with E-state index in [2.05, 4.69) is 60.7 Å². The number of methoxy groups -OCH3 is 1. The molecule has 0 saturated carbocycles. The second kappa shape index (κ2) is 8.65. The van der Waals surface area contributed by atoms with Crippen LogP contribution in [0.25, 0.3) is 0 Å². The fourth-order valence-corrected chi connectivity index (χ4v) is 7.36. The molecule has 24 heavy (non-hydrogen) atoms. The van der Waals surface area contributed by atoms with Gasteiger partial charge in [-0.1, -0.05) is 60.1 Å². The normalized spacial score (nSPS) is 10.9. The Labute approximate surface area is 155 Å². The molecule has 0 aromatic heterocycles. The smallest absolute Gasteiger partial charge is 0.171 e. The minimum absolute atomic E-state index is 0. The van der Waals surface area contributed by atoms with Crippen molar-refractivity contribution in [3.8, 4) is 0 Å². The summed E-state index contributed by atoms with van der Waals surface area (Å²) in [7, 11) is -0.184. The van der Waals surface area contributed by atoms with Gasteiger partial charge in [-0.15, -0.1) is 0 Å². The second-order valence-electron chi connectivity index (χ2n) is 5.35. The van der Waals surface area contributed by atoms with Crippen LogP contribution in [0.3, 0.4) is 0 Å². The summed E-state index contributed by atoms with van der Waals surface area (Å²) in [6.45, 7) is 0. The van der Waals surface area contributed by atoms with Crippen molar-refractivity contribution in [2.45, 2.75) is 0 Å². The molecule has 0 N–H and O–H groups in total. The molecule has 0 unspecified atom stereocenters. The Bertz CT molecular complexity index is 723. The molecular weight excluding hydrogens is 358 g/mol. The highest BCUT2D eigenvalue weighted by Crippen LogP contribution is 2.56. The molecule has 0 heterocycles. The first-order chi connectivity index (χ1) is 11.3. The highest BCUT2D eigenvalue weighted by Gasteiger charge is 2.46. The van der Waals surface area contributed by atoms with Crippen molar-refractivity contribution in [2.75, 3.05) is 13.5 Å². The maximum Gasteiger partial charge on any atom is 0.171 e. The van der Waals surface area contributed by atoms with E-state index in [-0.39, 0.29) is 12.4 Å². The Morgan fingerprint density at radius 3 is 1.67 bits per heavy atom. The van der Waals surface area contributed by atoms with E-state index in [1.54, 1.807) is 7.11 Å². The Balaban J connectivity index is 0.00000208. The van der Waals surface area contributed by atoms with Gasteiger partial charge in [-0.2, -0.15) is 0 Å². The van der Waals surface area contributed by atoms with Crippen molar-refractivity contribution in [1.82, 2.24) is 0 Å². The summed E-state index contributed by atoms with van der Waals surface area (Å²) in [4.78, 5) is 0. The van der Waals surface area contributed by atoms with Crippen molar-refractivity contribution in [2.24, 2.45) is 0 Å². The van der Waals surface area contributed by atoms with E-state index in [0.29, 0.717) is 6.35 Å². The molecule has 1 nitrogen and oxygen atoms in total. The molecule has 0 aliphatic carbocycles. The topological polar surface area (TPSA) is 9.23 Å². The molecule has 0 amide bonds. The van der Waals surface area contributed by atoms with E-state index in [9.17, 15) is 0 Å². The number of ether oxygens (including phenoxy) is 1. The monoisotopic (exact) mass is 376 g/mol. The molecule has 3 aromatic rings. The third-order valence-electron chi connectivity index (χ3n) is 3.98. The van der Waals surface area contributed by atoms with Gasteiger partial charge >= 0.3 is 0 Å². The summed E-state index contributed by atoms with van der Waals surface area (Å²) in [6.07, 6.45) is 0.630. The van der Waals surface area contributed by atoms with Crippen molar-refractivity contribution >= 4 is 34.8 Å². The average molecular weight is 377 g/mol. The molecular formula is C20H19Cl2OP. The van der Waals surface area contributed by atoms with Gasteiger partial charge < -0.3 is 17.1 Å². The van der Waals surface area contributed by atoms with Gasteiger partial charge in [-0.25, -0.2) is 0 Å². The zero-order chi connectivity index (χ0) is 16.1. The molecule has 0 aliphatic heterocycles. The third-order valence-corrected chi connectivity index (χ3v) is 8.66. The summed E-state index contributed by atoms with van der Waals surface area (Å²) >= 11 is 6.62. The van der Waals surface area contributed by atoms with E-state index in [0.717, 1.165) is 5.02 Å². The molecule has 0 bridgehead atoms. The molecule has 0 saturated heterocycles. The minimum atomic E-state index is -1.95. The van der Waals surface area contributed by atoms with Gasteiger partial charge in [0.05, 0.1) is 5.02 Å². The summed E-state index contributed by atoms with van der Waals surface area (Å²) in [5, 5.41) is 4.52. The van der Waals surface area contributed by atoms with E-state index in [4.69, 9.17) is 16.3 Å². The van der Waals surface area contributed by atoms with Gasteiger partial charge in [0.25, 0.3) is 0 Å². The van der Waals surface area contributed by atoms with Crippen LogP contribution < -0.4 is 28.3 Å². The van der Waals surface area contributed by atoms with Crippen LogP contribution in [0.15, 0.2) is 84.9 Å². The largest absolute Gasteiger partial charge is 1.00 e. The molecule has 0 spiro atoms. The van der Waals surface area contributed by atoms with Crippen LogP contribution in [0.4, 0.5) is 0 Å². The van der Waals surface area contributed by atoms with Crippen LogP contribution in [0.2, 0.25) is 5.02 Å². The van der Waals surface area contributed by atoms with Crippen molar-refractivity contribution < 1.29 is 17.1 Å². The fourth-order valence-electron chi connectivity index (χ4n) is 2.97. The van der Waals surface area contributed by atoms with E-state index in [1.165, 1.54) is 15.9 Å². The summed E-state index contributed by atoms with van der Waals surface area (Å²) in [5.41, 5.74) is 0. The van der Waals surface area contributed by atoms with Crippen LogP contribution in [-0.2, 0) is 4.74 Å². The molecule has 3 aromatic carbocycles. The van der Waals surface area contributed by atoms with Gasteiger partial charge in [0, 0.05) is 7.11 Å². The number of benzene rings is 3. The van der Waals surface area contributed by atoms with Crippen molar-refractivity contribution in [3.05, 3.63) is 90.0 Å². The van der Waals surface area contributed by atoms with Crippen LogP contribution in [-0.4, -0.2) is 13.5 Å². The van der Waals surface area contributed by atoms with E-state index >= 15 is 0 Å². The average Bonchev–Trinajstić information content (AvgIpc) is 2.62. The lowest BCUT2D eigenvalue weighted by Crippen LogP contribution is -3.00. The third kappa shape index (κ3) is 3.50. The van der Waals surface area contributed by atoms with Gasteiger partial charge in [-0.3, -0.25) is 0 Å². The first-order valence-electron chi connectivity index (χ1n) is 7.52. The SMILES string of the molecule is COC[P+](c1ccccc1)(c1ccccc1)c1ccccc1Cl.[Cl-]. The maximum atomic E-state index is 6.62. The zero-order valence-corrected chi connectivity index (χ0v) is 15.8. The Morgan fingerprint density at radius 1 is 0.750 bits per heavy atom. The predicted molar refractivity (Wildman–Crippen MR) is 102 cm³/mol. The number of hydrogen-bond acceptors (Lipinski definition) is 1. The highest BCUT2D eigenvalue weighted by atomic mass is 35.5. The molecule has 4 heteroatoms. The Kier molecular flexibility index (Phi) is 6.83. The molecule has 124 valence electrons. The van der Waals surface area contributed by atoms with Gasteiger partial charge in [-0.05, 0) is 36.4 Å². The van der Waals surface area contributed by atoms with Crippen LogP contribution in [0.1, 0.15) is 0 Å². The molecule has 0 aliphatic rings. The molecule has 0 radical (unpaired) electrons. The van der Waals surface area contributed by atoms with Crippen molar-refractivity contribution in [1.29, 1.82) is 0 Å². The standard InChI is InChI=1S/C20H19ClOP.ClH/c1-22-16-23(17-10-4-2-5-11-17,18-12-6-3-7-13-18)20-15-9-8-14-19(20)21;/h2-15H,16H2,1H3;1H/q+1;/p-1. The summed E-state index contributed by atoms with van der Waals surface area (Å²) in [5.74, 6) is 0. The first kappa shape index (κ1) is 19.0. The highest BCUT2D eigenvalue weighted by molar-refractivity contribution is 7.95. The van der Waals surface area contributed by atoms with Crippen molar-refractivity contribution in [3.63, 3.8) is 0 Å². The number of halogens is 2. The van der Waals surface area contributed by atoms with Gasteiger partial charge in [0.2, 0.25) is 0 Å². The van der Waals surface area contributed by atoms with Crippen LogP contribution in [0, 0.1) is 0 Å². The van der Waals surface area contributed by atoms with E-state index in [1.807, 2.05) is 24.3 Å². The Hall–Kier alpha value is -1.37. The maximum absolute atomic E-state index is 6.62. The second-order valence-corrected chi connectivity index (χ2v) is 9.15. The van der Waals surface area contributed by atoms with E-state index < -0.39 is 7.26 Å². The number of hydrogen-bond donors (Lipinski definition) is 0. The lowest BCUT2D eigenvalue weighted by Gasteiger charge is -2.27. The first-order valence-corrected chi connectivity index (χ1v) is 9.87. The fraction of sp³-hybridized carbons (Fsp3) is 0.100. The molecule has 0 fully saturated rings. The lowest BCUT2D eigenvalue weighted by molar-refractivity contribution is -0.00000460.